The van der Waals surface area contributed by atoms with Crippen molar-refractivity contribution in [3.8, 4) is 0 Å². The standard InChI is InChI=1S/C16H19NO4/c1-2-10-11-5-3-4-6-14(11)21-15(10)16(20)17-9-7-12(18)13(19)8-9/h3-6,9,12-13,18-19H,2,7-8H2,1H3,(H,17,20)/t9?,12-,13+. The average molecular weight is 289 g/mol. The maximum absolute atomic E-state index is 12.4. The van der Waals surface area contributed by atoms with Crippen LogP contribution in [0.2, 0.25) is 0 Å². The van der Waals surface area contributed by atoms with Gasteiger partial charge in [-0.05, 0) is 25.3 Å². The molecular weight excluding hydrogens is 270 g/mol. The summed E-state index contributed by atoms with van der Waals surface area (Å²) in [6, 6.07) is 7.35. The fourth-order valence-corrected chi connectivity index (χ4v) is 3.00. The first-order valence-electron chi connectivity index (χ1n) is 7.27. The van der Waals surface area contributed by atoms with Crippen LogP contribution in [0.5, 0.6) is 0 Å². The summed E-state index contributed by atoms with van der Waals surface area (Å²) >= 11 is 0. The lowest BCUT2D eigenvalue weighted by Gasteiger charge is -2.11. The average Bonchev–Trinajstić information content (AvgIpc) is 2.99. The zero-order valence-corrected chi connectivity index (χ0v) is 11.9. The molecule has 0 saturated heterocycles. The Morgan fingerprint density at radius 2 is 1.95 bits per heavy atom. The molecule has 3 atom stereocenters. The number of fused-ring (bicyclic) bond motifs is 1. The summed E-state index contributed by atoms with van der Waals surface area (Å²) in [7, 11) is 0. The number of amides is 1. The molecule has 1 amide bonds. The summed E-state index contributed by atoms with van der Waals surface area (Å²) < 4.78 is 5.68. The maximum Gasteiger partial charge on any atom is 0.287 e. The third kappa shape index (κ3) is 2.54. The van der Waals surface area contributed by atoms with E-state index in [9.17, 15) is 15.0 Å². The highest BCUT2D eigenvalue weighted by Crippen LogP contribution is 2.27. The van der Waals surface area contributed by atoms with Gasteiger partial charge in [-0.2, -0.15) is 0 Å². The van der Waals surface area contributed by atoms with Crippen LogP contribution in [0, 0.1) is 0 Å². The molecule has 0 aliphatic heterocycles. The van der Waals surface area contributed by atoms with Gasteiger partial charge >= 0.3 is 0 Å². The van der Waals surface area contributed by atoms with Gasteiger partial charge in [-0.15, -0.1) is 0 Å². The van der Waals surface area contributed by atoms with E-state index in [4.69, 9.17) is 4.42 Å². The molecule has 5 heteroatoms. The Kier molecular flexibility index (Phi) is 3.69. The van der Waals surface area contributed by atoms with Crippen LogP contribution < -0.4 is 5.32 Å². The second-order valence-electron chi connectivity index (χ2n) is 5.54. The molecule has 1 aromatic heterocycles. The topological polar surface area (TPSA) is 82.7 Å². The molecule has 1 saturated carbocycles. The Balaban J connectivity index is 1.85. The van der Waals surface area contributed by atoms with Gasteiger partial charge in [0.15, 0.2) is 5.76 Å². The van der Waals surface area contributed by atoms with Gasteiger partial charge in [0.05, 0.1) is 12.2 Å². The molecule has 21 heavy (non-hydrogen) atoms. The summed E-state index contributed by atoms with van der Waals surface area (Å²) in [5.41, 5.74) is 1.59. The van der Waals surface area contributed by atoms with Gasteiger partial charge in [-0.3, -0.25) is 4.79 Å². The van der Waals surface area contributed by atoms with E-state index in [-0.39, 0.29) is 11.9 Å². The van der Waals surface area contributed by atoms with E-state index in [2.05, 4.69) is 5.32 Å². The summed E-state index contributed by atoms with van der Waals surface area (Å²) in [4.78, 5) is 12.4. The number of carbonyl (C=O) groups excluding carboxylic acids is 1. The van der Waals surface area contributed by atoms with E-state index in [1.807, 2.05) is 31.2 Å². The number of nitrogens with one attached hydrogen (secondary N) is 1. The summed E-state index contributed by atoms with van der Waals surface area (Å²) in [5, 5.41) is 22.9. The van der Waals surface area contributed by atoms with Crippen molar-refractivity contribution in [2.24, 2.45) is 0 Å². The molecule has 2 aromatic rings. The summed E-state index contributed by atoms with van der Waals surface area (Å²) in [6.07, 6.45) is -0.0907. The van der Waals surface area contributed by atoms with E-state index in [0.29, 0.717) is 30.6 Å². The van der Waals surface area contributed by atoms with Gasteiger partial charge in [0.1, 0.15) is 5.58 Å². The number of hydrogen-bond donors (Lipinski definition) is 3. The molecule has 1 heterocycles. The first kappa shape index (κ1) is 14.1. The first-order valence-corrected chi connectivity index (χ1v) is 7.27. The van der Waals surface area contributed by atoms with Gasteiger partial charge in [-0.25, -0.2) is 0 Å². The quantitative estimate of drug-likeness (QED) is 0.801. The Hall–Kier alpha value is -1.85. The van der Waals surface area contributed by atoms with Gasteiger partial charge in [0.25, 0.3) is 5.91 Å². The smallest absolute Gasteiger partial charge is 0.287 e. The van der Waals surface area contributed by atoms with Gasteiger partial charge in [-0.1, -0.05) is 25.1 Å². The van der Waals surface area contributed by atoms with Gasteiger partial charge in [0.2, 0.25) is 0 Å². The number of para-hydroxylation sites is 1. The van der Waals surface area contributed by atoms with Crippen molar-refractivity contribution in [2.75, 3.05) is 0 Å². The van der Waals surface area contributed by atoms with Crippen LogP contribution in [0.3, 0.4) is 0 Å². The molecule has 1 aromatic carbocycles. The Morgan fingerprint density at radius 1 is 1.29 bits per heavy atom. The maximum atomic E-state index is 12.4. The molecule has 1 aliphatic rings. The zero-order valence-electron chi connectivity index (χ0n) is 11.9. The number of carbonyl (C=O) groups is 1. The van der Waals surface area contributed by atoms with Crippen molar-refractivity contribution in [3.63, 3.8) is 0 Å². The van der Waals surface area contributed by atoms with Crippen molar-refractivity contribution in [1.82, 2.24) is 5.32 Å². The normalized spacial score (nSPS) is 25.4. The van der Waals surface area contributed by atoms with Crippen LogP contribution in [0.25, 0.3) is 11.0 Å². The number of aliphatic hydroxyl groups is 2. The number of rotatable bonds is 3. The van der Waals surface area contributed by atoms with Crippen LogP contribution in [0.4, 0.5) is 0 Å². The lowest BCUT2D eigenvalue weighted by atomic mass is 10.1. The SMILES string of the molecule is CCc1c(C(=O)NC2C[C@@H](O)[C@@H](O)C2)oc2ccccc12. The molecule has 3 N–H and O–H groups in total. The Bertz CT molecular complexity index is 653. The highest BCUT2D eigenvalue weighted by Gasteiger charge is 2.33. The largest absolute Gasteiger partial charge is 0.451 e. The second-order valence-corrected chi connectivity index (χ2v) is 5.54. The number of hydrogen-bond acceptors (Lipinski definition) is 4. The van der Waals surface area contributed by atoms with Crippen LogP contribution in [0.15, 0.2) is 28.7 Å². The van der Waals surface area contributed by atoms with E-state index in [1.54, 1.807) is 0 Å². The molecule has 0 spiro atoms. The molecule has 5 nitrogen and oxygen atoms in total. The fourth-order valence-electron chi connectivity index (χ4n) is 3.00. The molecule has 1 unspecified atom stereocenters. The van der Waals surface area contributed by atoms with Crippen molar-refractivity contribution >= 4 is 16.9 Å². The molecule has 3 rings (SSSR count). The fraction of sp³-hybridized carbons (Fsp3) is 0.438. The lowest BCUT2D eigenvalue weighted by Crippen LogP contribution is -2.33. The monoisotopic (exact) mass is 289 g/mol. The van der Waals surface area contributed by atoms with Crippen LogP contribution in [-0.4, -0.2) is 34.4 Å². The predicted octanol–water partition coefficient (Wildman–Crippen LogP) is 1.61. The van der Waals surface area contributed by atoms with E-state index < -0.39 is 12.2 Å². The van der Waals surface area contributed by atoms with Crippen LogP contribution >= 0.6 is 0 Å². The van der Waals surface area contributed by atoms with Crippen molar-refractivity contribution in [1.29, 1.82) is 0 Å². The molecule has 0 radical (unpaired) electrons. The number of aryl methyl sites for hydroxylation is 1. The highest BCUT2D eigenvalue weighted by atomic mass is 16.3. The van der Waals surface area contributed by atoms with E-state index in [1.165, 1.54) is 0 Å². The number of benzene rings is 1. The minimum absolute atomic E-state index is 0.222. The Morgan fingerprint density at radius 3 is 2.62 bits per heavy atom. The highest BCUT2D eigenvalue weighted by molar-refractivity contribution is 5.99. The molecule has 1 fully saturated rings. The number of furan rings is 1. The minimum Gasteiger partial charge on any atom is -0.451 e. The Labute approximate surface area is 122 Å². The summed E-state index contributed by atoms with van der Waals surface area (Å²) in [6.45, 7) is 1.98. The first-order chi connectivity index (χ1) is 10.1. The third-order valence-corrected chi connectivity index (χ3v) is 4.09. The molecular formula is C16H19NO4. The van der Waals surface area contributed by atoms with Crippen LogP contribution in [0.1, 0.15) is 35.9 Å². The molecule has 0 bridgehead atoms. The predicted molar refractivity (Wildman–Crippen MR) is 78.1 cm³/mol. The number of aliphatic hydroxyl groups excluding tert-OH is 2. The van der Waals surface area contributed by atoms with Gasteiger partial charge in [0, 0.05) is 17.0 Å². The van der Waals surface area contributed by atoms with Crippen molar-refractivity contribution in [2.45, 2.75) is 44.4 Å². The lowest BCUT2D eigenvalue weighted by molar-refractivity contribution is 0.0438. The van der Waals surface area contributed by atoms with E-state index >= 15 is 0 Å². The summed E-state index contributed by atoms with van der Waals surface area (Å²) in [5.74, 6) is 0.0453. The van der Waals surface area contributed by atoms with Crippen molar-refractivity contribution in [3.05, 3.63) is 35.6 Å². The second kappa shape index (κ2) is 5.50. The van der Waals surface area contributed by atoms with Gasteiger partial charge < -0.3 is 19.9 Å². The van der Waals surface area contributed by atoms with Crippen LogP contribution in [-0.2, 0) is 6.42 Å². The third-order valence-electron chi connectivity index (χ3n) is 4.09. The minimum atomic E-state index is -0.767. The zero-order chi connectivity index (χ0) is 15.0. The van der Waals surface area contributed by atoms with E-state index in [0.717, 1.165) is 10.9 Å². The van der Waals surface area contributed by atoms with Crippen molar-refractivity contribution < 1.29 is 19.4 Å². The molecule has 112 valence electrons. The molecule has 1 aliphatic carbocycles.